The molecule has 59 heavy (non-hydrogen) atoms. The Morgan fingerprint density at radius 2 is 1.36 bits per heavy atom. The van der Waals surface area contributed by atoms with Crippen LogP contribution in [-0.4, -0.2) is 125 Å². The topological polar surface area (TPSA) is 331 Å². The Balaban J connectivity index is 1.73. The number of hydrogen-bond acceptors (Lipinski definition) is 13. The van der Waals surface area contributed by atoms with E-state index < -0.39 is 95.0 Å². The third-order valence-corrected chi connectivity index (χ3v) is 10.3. The van der Waals surface area contributed by atoms with Crippen LogP contribution in [0.5, 0.6) is 5.75 Å². The van der Waals surface area contributed by atoms with Crippen LogP contribution in [0.3, 0.4) is 0 Å². The molecule has 0 bridgehead atoms. The second-order valence-corrected chi connectivity index (χ2v) is 16.1. The van der Waals surface area contributed by atoms with E-state index in [1.165, 1.54) is 47.8 Å². The number of aromatic amines is 1. The second kappa shape index (κ2) is 23.3. The average molecular weight is 881 g/mol. The first-order valence-corrected chi connectivity index (χ1v) is 22.1. The third kappa shape index (κ3) is 16.4. The zero-order valence-corrected chi connectivity index (χ0v) is 34.5. The van der Waals surface area contributed by atoms with Crippen molar-refractivity contribution >= 4 is 86.2 Å². The van der Waals surface area contributed by atoms with Crippen molar-refractivity contribution in [3.63, 3.8) is 0 Å². The van der Waals surface area contributed by atoms with E-state index in [-0.39, 0.29) is 31.4 Å². The van der Waals surface area contributed by atoms with Crippen LogP contribution in [0.25, 0.3) is 10.9 Å². The van der Waals surface area contributed by atoms with Crippen LogP contribution in [0.15, 0.2) is 54.7 Å². The van der Waals surface area contributed by atoms with E-state index in [1.54, 1.807) is 24.8 Å². The standard InChI is InChI=1S/C36H48N8O12S3/c1-57-13-11-26(42-33(49)24(37)15-20-7-9-22(10-8-20)56-59(53,54)55)34(50)40-19-30(45)41-29(16-21-18-39-25-6-4-3-5-23(21)25)36(52)43-27(12-14-58-2)35(51)44-28(32(38)48)17-31(46)47/h3-10,18,24,26-29,39H,11-17,19,37H2,1-2H3,(H2,38,48)(H,40,50)(H,41,45)(H,42,49)(H,43,52)(H,44,51)(H,46,47)(H,53,54,55)/t24-,26-,27-,28-,29-/m0/s1. The van der Waals surface area contributed by atoms with Gasteiger partial charge in [-0.1, -0.05) is 30.3 Å². The molecule has 0 aliphatic rings. The fraction of sp³-hybridized carbons (Fsp3) is 0.417. The van der Waals surface area contributed by atoms with Gasteiger partial charge in [0.25, 0.3) is 0 Å². The molecule has 3 rings (SSSR count). The van der Waals surface area contributed by atoms with E-state index >= 15 is 0 Å². The maximum Gasteiger partial charge on any atom is 0.446 e. The zero-order valence-electron chi connectivity index (χ0n) is 32.1. The van der Waals surface area contributed by atoms with Crippen LogP contribution in [0.4, 0.5) is 0 Å². The Kier molecular flexibility index (Phi) is 19.0. The van der Waals surface area contributed by atoms with Crippen molar-refractivity contribution in [3.05, 3.63) is 65.9 Å². The number of thioether (sulfide) groups is 2. The Morgan fingerprint density at radius 3 is 1.95 bits per heavy atom. The number of benzene rings is 2. The highest BCUT2D eigenvalue weighted by atomic mass is 32.3. The fourth-order valence-corrected chi connectivity index (χ4v) is 6.94. The van der Waals surface area contributed by atoms with E-state index in [0.717, 1.165) is 10.9 Å². The number of carboxylic acid groups (broad SMARTS) is 1. The molecule has 6 amide bonds. The maximum atomic E-state index is 13.9. The number of H-pyrrole nitrogens is 1. The summed E-state index contributed by atoms with van der Waals surface area (Å²) >= 11 is 2.77. The summed E-state index contributed by atoms with van der Waals surface area (Å²) < 4.78 is 35.1. The molecule has 0 unspecified atom stereocenters. The number of fused-ring (bicyclic) bond motifs is 1. The normalized spacial score (nSPS) is 13.8. The number of aromatic nitrogens is 1. The number of nitrogens with two attached hydrogens (primary N) is 2. The molecule has 0 fully saturated rings. The lowest BCUT2D eigenvalue weighted by molar-refractivity contribution is -0.140. The monoisotopic (exact) mass is 880 g/mol. The summed E-state index contributed by atoms with van der Waals surface area (Å²) in [4.78, 5) is 93.1. The van der Waals surface area contributed by atoms with Gasteiger partial charge in [0.1, 0.15) is 29.9 Å². The first-order chi connectivity index (χ1) is 27.9. The SMILES string of the molecule is CSCC[C@H](NC(=O)[C@H](Cc1c[nH]c2ccccc12)NC(=O)CNC(=O)[C@H](CCSC)NC(=O)[C@@H](N)Cc1ccc(OS(=O)(=O)O)cc1)C(=O)N[C@@H](CC(=O)O)C(N)=O. The van der Waals surface area contributed by atoms with E-state index in [9.17, 15) is 42.0 Å². The molecule has 1 aromatic heterocycles. The van der Waals surface area contributed by atoms with Crippen LogP contribution in [0, 0.1) is 0 Å². The summed E-state index contributed by atoms with van der Waals surface area (Å²) in [6.07, 6.45) is 4.63. The van der Waals surface area contributed by atoms with Crippen LogP contribution in [0.1, 0.15) is 30.4 Å². The Morgan fingerprint density at radius 1 is 0.780 bits per heavy atom. The molecule has 0 saturated carbocycles. The van der Waals surface area contributed by atoms with Gasteiger partial charge in [-0.2, -0.15) is 31.9 Å². The number of amides is 6. The van der Waals surface area contributed by atoms with Crippen molar-refractivity contribution in [3.8, 4) is 5.75 Å². The average Bonchev–Trinajstić information content (AvgIpc) is 3.58. The van der Waals surface area contributed by atoms with Crippen molar-refractivity contribution in [2.75, 3.05) is 30.6 Å². The quantitative estimate of drug-likeness (QED) is 0.0456. The molecule has 2 aromatic carbocycles. The molecular weight excluding hydrogens is 833 g/mol. The highest BCUT2D eigenvalue weighted by Gasteiger charge is 2.31. The molecule has 0 aliphatic carbocycles. The predicted octanol–water partition coefficient (Wildman–Crippen LogP) is -1.02. The van der Waals surface area contributed by atoms with Crippen molar-refractivity contribution in [1.82, 2.24) is 31.6 Å². The predicted molar refractivity (Wildman–Crippen MR) is 220 cm³/mol. The van der Waals surface area contributed by atoms with E-state index in [1.807, 2.05) is 18.2 Å². The first kappa shape index (κ1) is 48.0. The van der Waals surface area contributed by atoms with Gasteiger partial charge in [-0.3, -0.25) is 38.1 Å². The summed E-state index contributed by atoms with van der Waals surface area (Å²) in [5, 5.41) is 22.5. The summed E-state index contributed by atoms with van der Waals surface area (Å²) in [7, 11) is -4.73. The third-order valence-electron chi connectivity index (χ3n) is 8.62. The van der Waals surface area contributed by atoms with Crippen molar-refractivity contribution in [2.45, 2.75) is 62.3 Å². The summed E-state index contributed by atoms with van der Waals surface area (Å²) in [6.45, 7) is -0.613. The lowest BCUT2D eigenvalue weighted by Gasteiger charge is -2.25. The van der Waals surface area contributed by atoms with E-state index in [4.69, 9.17) is 21.1 Å². The molecule has 0 spiro atoms. The Bertz CT molecular complexity index is 2070. The molecule has 3 aromatic rings. The van der Waals surface area contributed by atoms with Crippen LogP contribution < -0.4 is 42.2 Å². The van der Waals surface area contributed by atoms with E-state index in [2.05, 4.69) is 35.8 Å². The molecule has 12 N–H and O–H groups in total. The molecule has 1 heterocycles. The molecule has 20 nitrogen and oxygen atoms in total. The van der Waals surface area contributed by atoms with Crippen LogP contribution in [0.2, 0.25) is 0 Å². The molecule has 5 atom stereocenters. The van der Waals surface area contributed by atoms with Gasteiger partial charge in [0.05, 0.1) is 19.0 Å². The number of aliphatic carboxylic acids is 1. The smallest absolute Gasteiger partial charge is 0.446 e. The molecule has 0 aliphatic heterocycles. The highest BCUT2D eigenvalue weighted by Crippen LogP contribution is 2.20. The number of carboxylic acids is 1. The maximum absolute atomic E-state index is 13.9. The minimum Gasteiger partial charge on any atom is -0.481 e. The zero-order chi connectivity index (χ0) is 43.7. The van der Waals surface area contributed by atoms with Gasteiger partial charge in [-0.25, -0.2) is 0 Å². The first-order valence-electron chi connectivity index (χ1n) is 17.9. The molecule has 23 heteroatoms. The van der Waals surface area contributed by atoms with Gasteiger partial charge in [-0.15, -0.1) is 0 Å². The number of hydrogen-bond donors (Lipinski definition) is 10. The van der Waals surface area contributed by atoms with Crippen molar-refractivity contribution in [1.29, 1.82) is 0 Å². The number of primary amides is 1. The lowest BCUT2D eigenvalue weighted by Crippen LogP contribution is -2.58. The summed E-state index contributed by atoms with van der Waals surface area (Å²) in [5.41, 5.74) is 13.3. The Hall–Kier alpha value is -5.36. The lowest BCUT2D eigenvalue weighted by atomic mass is 10.0. The minimum atomic E-state index is -4.73. The largest absolute Gasteiger partial charge is 0.481 e. The Labute approximate surface area is 348 Å². The molecule has 0 saturated heterocycles. The van der Waals surface area contributed by atoms with Gasteiger partial charge in [0.2, 0.25) is 35.4 Å². The van der Waals surface area contributed by atoms with Gasteiger partial charge >= 0.3 is 16.4 Å². The molecule has 0 radical (unpaired) electrons. The number of nitrogens with one attached hydrogen (secondary N) is 6. The molecular formula is C36H48N8O12S3. The summed E-state index contributed by atoms with van der Waals surface area (Å²) in [6, 6.07) is 6.29. The van der Waals surface area contributed by atoms with E-state index in [0.29, 0.717) is 22.6 Å². The number of rotatable bonds is 25. The molecule has 322 valence electrons. The number of para-hydroxylation sites is 1. The van der Waals surface area contributed by atoms with Gasteiger partial charge in [0, 0.05) is 23.5 Å². The number of carbonyl (C=O) groups excluding carboxylic acids is 6. The van der Waals surface area contributed by atoms with Gasteiger partial charge in [0.15, 0.2) is 0 Å². The van der Waals surface area contributed by atoms with Gasteiger partial charge in [-0.05, 0) is 72.6 Å². The number of carbonyl (C=O) groups is 7. The van der Waals surface area contributed by atoms with Crippen molar-refractivity contribution < 1.29 is 55.8 Å². The highest BCUT2D eigenvalue weighted by molar-refractivity contribution is 7.98. The van der Waals surface area contributed by atoms with Gasteiger partial charge < -0.3 is 52.3 Å². The van der Waals surface area contributed by atoms with Crippen LogP contribution >= 0.6 is 23.5 Å². The fourth-order valence-electron chi connectivity index (χ4n) is 5.64. The second-order valence-electron chi connectivity index (χ2n) is 13.1. The summed E-state index contributed by atoms with van der Waals surface area (Å²) in [5.74, 6) is -5.63. The minimum absolute atomic E-state index is 0.00893. The van der Waals surface area contributed by atoms with Crippen molar-refractivity contribution in [2.24, 2.45) is 11.5 Å². The van der Waals surface area contributed by atoms with Crippen LogP contribution in [-0.2, 0) is 56.8 Å².